The summed E-state index contributed by atoms with van der Waals surface area (Å²) in [7, 11) is 1.59. The number of hydrogen-bond acceptors (Lipinski definition) is 6. The molecule has 3 aliphatic rings. The third kappa shape index (κ3) is 7.34. The van der Waals surface area contributed by atoms with Crippen molar-refractivity contribution in [3.63, 3.8) is 0 Å². The Morgan fingerprint density at radius 1 is 1.24 bits per heavy atom. The van der Waals surface area contributed by atoms with Gasteiger partial charge in [0.15, 0.2) is 0 Å². The fraction of sp³-hybridized carbons (Fsp3) is 0.500. The number of carbonyl (C=O) groups excluding carboxylic acids is 2. The highest BCUT2D eigenvalue weighted by molar-refractivity contribution is 7.96. The summed E-state index contributed by atoms with van der Waals surface area (Å²) in [5.41, 5.74) is 2.40. The van der Waals surface area contributed by atoms with Crippen LogP contribution in [-0.2, 0) is 14.3 Å². The van der Waals surface area contributed by atoms with E-state index in [9.17, 15) is 9.59 Å². The van der Waals surface area contributed by atoms with Crippen molar-refractivity contribution in [3.8, 4) is 5.75 Å². The van der Waals surface area contributed by atoms with Crippen LogP contribution < -0.4 is 9.46 Å². The summed E-state index contributed by atoms with van der Waals surface area (Å²) in [6.07, 6.45) is 14.9. The molecule has 0 aromatic heterocycles. The van der Waals surface area contributed by atoms with Gasteiger partial charge in [0.05, 0.1) is 13.7 Å². The molecule has 2 aliphatic carbocycles. The Bertz CT molecular complexity index is 1070. The molecule has 4 rings (SSSR count). The van der Waals surface area contributed by atoms with Crippen molar-refractivity contribution in [1.82, 2.24) is 9.62 Å². The lowest BCUT2D eigenvalue weighted by Crippen LogP contribution is -2.57. The standard InChI is InChI=1S/C20H28N2O3S.C8H8Cl2O/c1-3-25-20(24)16-13-22(18-12-8-7-11-17(18)21-26-2)19(23)15-10-6-4-5-9-14(15)16;1-5-7(10)3-6(9)4-8(5)11-2/h4-5,9-10,16-18,21H,3,6-8,11-13H2,1-2H3;3-4H,1-2H3/t16-,17+,18+;/m0./s1. The van der Waals surface area contributed by atoms with Crippen LogP contribution in [-0.4, -0.2) is 55.4 Å². The van der Waals surface area contributed by atoms with E-state index < -0.39 is 5.92 Å². The predicted molar refractivity (Wildman–Crippen MR) is 152 cm³/mol. The minimum absolute atomic E-state index is 0.0558. The molecule has 9 heteroatoms. The summed E-state index contributed by atoms with van der Waals surface area (Å²) in [6, 6.07) is 3.82. The summed E-state index contributed by atoms with van der Waals surface area (Å²) in [5, 5.41) is 1.23. The summed E-state index contributed by atoms with van der Waals surface area (Å²) in [5.74, 6) is 0.143. The second kappa shape index (κ2) is 14.3. The molecular formula is C28H36Cl2N2O4S. The van der Waals surface area contributed by atoms with Crippen LogP contribution in [0.15, 0.2) is 47.6 Å². The topological polar surface area (TPSA) is 67.9 Å². The fourth-order valence-corrected chi connectivity index (χ4v) is 6.08. The smallest absolute Gasteiger partial charge is 0.315 e. The SMILES string of the molecule is CCOC(=O)[C@H]1CN([C@@H]2CCCC[C@H]2NSC)C(=O)C2=CCC=CC=C21.COc1cc(Cl)cc(Cl)c1C. The minimum atomic E-state index is -0.404. The van der Waals surface area contributed by atoms with Crippen molar-refractivity contribution in [2.75, 3.05) is 26.5 Å². The van der Waals surface area contributed by atoms with Crippen molar-refractivity contribution in [1.29, 1.82) is 0 Å². The molecule has 0 bridgehead atoms. The van der Waals surface area contributed by atoms with E-state index in [4.69, 9.17) is 32.7 Å². The first-order valence-electron chi connectivity index (χ1n) is 12.6. The molecule has 202 valence electrons. The Kier molecular flexibility index (Phi) is 11.4. The highest BCUT2D eigenvalue weighted by atomic mass is 35.5. The van der Waals surface area contributed by atoms with Gasteiger partial charge >= 0.3 is 5.97 Å². The van der Waals surface area contributed by atoms with Crippen molar-refractivity contribution in [2.45, 2.75) is 58.0 Å². The third-order valence-corrected chi connectivity index (χ3v) is 8.03. The molecular weight excluding hydrogens is 531 g/mol. The zero-order valence-corrected chi connectivity index (χ0v) is 24.2. The van der Waals surface area contributed by atoms with Gasteiger partial charge in [-0.1, -0.05) is 72.3 Å². The van der Waals surface area contributed by atoms with Crippen molar-refractivity contribution < 1.29 is 19.1 Å². The van der Waals surface area contributed by atoms with Crippen LogP contribution in [0.2, 0.25) is 10.0 Å². The molecule has 37 heavy (non-hydrogen) atoms. The van der Waals surface area contributed by atoms with Gasteiger partial charge < -0.3 is 14.4 Å². The summed E-state index contributed by atoms with van der Waals surface area (Å²) >= 11 is 13.2. The van der Waals surface area contributed by atoms with Crippen molar-refractivity contribution in [2.24, 2.45) is 5.92 Å². The van der Waals surface area contributed by atoms with Crippen LogP contribution in [0.4, 0.5) is 0 Å². The maximum Gasteiger partial charge on any atom is 0.315 e. The number of piperidine rings is 1. The van der Waals surface area contributed by atoms with Gasteiger partial charge in [0, 0.05) is 39.8 Å². The van der Waals surface area contributed by atoms with Crippen molar-refractivity contribution in [3.05, 3.63) is 63.2 Å². The van der Waals surface area contributed by atoms with Gasteiger partial charge in [0.1, 0.15) is 11.7 Å². The van der Waals surface area contributed by atoms with E-state index in [0.717, 1.165) is 36.1 Å². The Balaban J connectivity index is 0.000000289. The molecule has 0 radical (unpaired) electrons. The monoisotopic (exact) mass is 566 g/mol. The van der Waals surface area contributed by atoms with Gasteiger partial charge in [-0.05, 0) is 57.1 Å². The van der Waals surface area contributed by atoms with Gasteiger partial charge in [-0.25, -0.2) is 0 Å². The highest BCUT2D eigenvalue weighted by Gasteiger charge is 2.43. The van der Waals surface area contributed by atoms with Gasteiger partial charge in [-0.2, -0.15) is 0 Å². The largest absolute Gasteiger partial charge is 0.496 e. The summed E-state index contributed by atoms with van der Waals surface area (Å²) in [6.45, 7) is 4.47. The number of methoxy groups -OCH3 is 1. The van der Waals surface area contributed by atoms with Gasteiger partial charge in [0.2, 0.25) is 0 Å². The second-order valence-corrected chi connectivity index (χ2v) is 10.6. The first kappa shape index (κ1) is 29.6. The first-order valence-corrected chi connectivity index (χ1v) is 14.6. The molecule has 2 fully saturated rings. The lowest BCUT2D eigenvalue weighted by molar-refractivity contribution is -0.149. The van der Waals surface area contributed by atoms with E-state index in [1.165, 1.54) is 6.42 Å². The highest BCUT2D eigenvalue weighted by Crippen LogP contribution is 2.36. The molecule has 1 heterocycles. The molecule has 0 unspecified atom stereocenters. The number of benzene rings is 1. The first-order chi connectivity index (χ1) is 17.8. The number of esters is 1. The van der Waals surface area contributed by atoms with Crippen LogP contribution in [0.25, 0.3) is 0 Å². The minimum Gasteiger partial charge on any atom is -0.496 e. The maximum atomic E-state index is 13.3. The molecule has 0 spiro atoms. The lowest BCUT2D eigenvalue weighted by Gasteiger charge is -2.44. The molecule has 1 aromatic carbocycles. The third-order valence-electron chi connectivity index (χ3n) is 6.88. The van der Waals surface area contributed by atoms with Crippen molar-refractivity contribution >= 4 is 47.0 Å². The molecule has 1 N–H and O–H groups in total. The molecule has 1 saturated carbocycles. The van der Waals surface area contributed by atoms with E-state index in [1.807, 2.05) is 49.3 Å². The maximum absolute atomic E-state index is 13.3. The van der Waals surface area contributed by atoms with E-state index >= 15 is 0 Å². The number of nitrogens with one attached hydrogen (secondary N) is 1. The number of amides is 1. The molecule has 3 atom stereocenters. The Labute approximate surface area is 234 Å². The zero-order valence-electron chi connectivity index (χ0n) is 21.9. The van der Waals surface area contributed by atoms with Crippen LogP contribution in [0.5, 0.6) is 5.75 Å². The fourth-order valence-electron chi connectivity index (χ4n) is 5.03. The molecule has 1 amide bonds. The Morgan fingerprint density at radius 3 is 2.70 bits per heavy atom. The number of fused-ring (bicyclic) bond motifs is 1. The number of rotatable bonds is 6. The second-order valence-electron chi connectivity index (χ2n) is 9.16. The van der Waals surface area contributed by atoms with Gasteiger partial charge in [0.25, 0.3) is 5.91 Å². The number of hydrogen-bond donors (Lipinski definition) is 1. The van der Waals surface area contributed by atoms with E-state index in [-0.39, 0.29) is 24.0 Å². The molecule has 1 aromatic rings. The summed E-state index contributed by atoms with van der Waals surface area (Å²) < 4.78 is 13.8. The number of carbonyl (C=O) groups is 2. The number of likely N-dealkylation sites (tertiary alicyclic amines) is 1. The normalized spacial score (nSPS) is 23.1. The number of allylic oxidation sites excluding steroid dienone is 4. The average molecular weight is 568 g/mol. The number of nitrogens with zero attached hydrogens (tertiary/aromatic N) is 1. The molecule has 1 saturated heterocycles. The van der Waals surface area contributed by atoms with E-state index in [2.05, 4.69) is 4.72 Å². The summed E-state index contributed by atoms with van der Waals surface area (Å²) in [4.78, 5) is 27.9. The van der Waals surface area contributed by atoms with Gasteiger partial charge in [-0.15, -0.1) is 0 Å². The van der Waals surface area contributed by atoms with Crippen LogP contribution in [0.1, 0.15) is 44.6 Å². The van der Waals surface area contributed by atoms with E-state index in [0.29, 0.717) is 35.2 Å². The van der Waals surface area contributed by atoms with Crippen LogP contribution in [0.3, 0.4) is 0 Å². The quantitative estimate of drug-likeness (QED) is 0.321. The molecule has 1 aliphatic heterocycles. The van der Waals surface area contributed by atoms with Crippen LogP contribution in [0, 0.1) is 12.8 Å². The Hall–Kier alpha value is -1.93. The molecule has 6 nitrogen and oxygen atoms in total. The number of halogens is 2. The van der Waals surface area contributed by atoms with E-state index in [1.54, 1.807) is 31.2 Å². The Morgan fingerprint density at radius 2 is 2.00 bits per heavy atom. The lowest BCUT2D eigenvalue weighted by atomic mass is 9.82. The predicted octanol–water partition coefficient (Wildman–Crippen LogP) is 6.31. The zero-order chi connectivity index (χ0) is 26.9. The average Bonchev–Trinajstić information content (AvgIpc) is 3.14. The van der Waals surface area contributed by atoms with Gasteiger partial charge in [-0.3, -0.25) is 14.3 Å². The van der Waals surface area contributed by atoms with Crippen LogP contribution >= 0.6 is 35.1 Å². The number of ether oxygens (including phenoxy) is 2.